The van der Waals surface area contributed by atoms with Crippen LogP contribution in [-0.4, -0.2) is 64.9 Å². The molecule has 7 heteroatoms. The van der Waals surface area contributed by atoms with E-state index >= 15 is 0 Å². The zero-order chi connectivity index (χ0) is 24.0. The SMILES string of the molecule is COCCCCOc1ccc(C2CCNC[C@@H]2OCc2ccc(O)c(NCCCOC)c2)cc1. The summed E-state index contributed by atoms with van der Waals surface area (Å²) >= 11 is 0. The molecule has 0 radical (unpaired) electrons. The first-order chi connectivity index (χ1) is 16.7. The minimum absolute atomic E-state index is 0.0847. The lowest BCUT2D eigenvalue weighted by Gasteiger charge is -2.32. The van der Waals surface area contributed by atoms with Crippen molar-refractivity contribution < 1.29 is 24.1 Å². The molecule has 1 heterocycles. The summed E-state index contributed by atoms with van der Waals surface area (Å²) in [7, 11) is 3.42. The second-order valence-corrected chi connectivity index (χ2v) is 8.69. The van der Waals surface area contributed by atoms with E-state index < -0.39 is 0 Å². The predicted octanol–water partition coefficient (Wildman–Crippen LogP) is 4.31. The van der Waals surface area contributed by atoms with E-state index in [1.54, 1.807) is 20.3 Å². The van der Waals surface area contributed by atoms with Crippen LogP contribution in [0.2, 0.25) is 0 Å². The van der Waals surface area contributed by atoms with E-state index in [0.717, 1.165) is 68.9 Å². The first-order valence-corrected chi connectivity index (χ1v) is 12.3. The highest BCUT2D eigenvalue weighted by molar-refractivity contribution is 5.57. The van der Waals surface area contributed by atoms with Gasteiger partial charge in [-0.1, -0.05) is 18.2 Å². The number of aromatic hydroxyl groups is 1. The maximum atomic E-state index is 10.2. The monoisotopic (exact) mass is 472 g/mol. The van der Waals surface area contributed by atoms with E-state index in [1.807, 2.05) is 12.1 Å². The molecule has 1 fully saturated rings. The van der Waals surface area contributed by atoms with Gasteiger partial charge in [0.2, 0.25) is 0 Å². The first kappa shape index (κ1) is 26.3. The number of nitrogens with one attached hydrogen (secondary N) is 2. The highest BCUT2D eigenvalue weighted by atomic mass is 16.5. The molecule has 188 valence electrons. The molecule has 34 heavy (non-hydrogen) atoms. The maximum Gasteiger partial charge on any atom is 0.138 e. The first-order valence-electron chi connectivity index (χ1n) is 12.3. The maximum absolute atomic E-state index is 10.2. The lowest BCUT2D eigenvalue weighted by Crippen LogP contribution is -2.40. The van der Waals surface area contributed by atoms with E-state index in [4.69, 9.17) is 18.9 Å². The van der Waals surface area contributed by atoms with E-state index in [2.05, 4.69) is 34.9 Å². The predicted molar refractivity (Wildman–Crippen MR) is 135 cm³/mol. The largest absolute Gasteiger partial charge is 0.506 e. The standard InChI is InChI=1S/C27H40N2O5/c1-31-15-3-4-17-33-23-9-7-22(8-10-23)24-12-14-28-19-27(24)34-20-21-6-11-26(30)25(18-21)29-13-5-16-32-2/h6-11,18,24,27-30H,3-5,12-17,19-20H2,1-2H3/t24?,27-/m0/s1. The van der Waals surface area contributed by atoms with Crippen molar-refractivity contribution in [3.05, 3.63) is 53.6 Å². The number of benzene rings is 2. The van der Waals surface area contributed by atoms with Crippen molar-refractivity contribution in [1.29, 1.82) is 0 Å². The van der Waals surface area contributed by atoms with E-state index in [-0.39, 0.29) is 11.9 Å². The molecule has 3 N–H and O–H groups in total. The van der Waals surface area contributed by atoms with Crippen LogP contribution in [0.4, 0.5) is 5.69 Å². The average Bonchev–Trinajstić information content (AvgIpc) is 2.87. The molecule has 0 amide bonds. The van der Waals surface area contributed by atoms with Gasteiger partial charge in [0.05, 0.1) is 25.0 Å². The summed E-state index contributed by atoms with van der Waals surface area (Å²) in [5.74, 6) is 1.49. The van der Waals surface area contributed by atoms with Gasteiger partial charge in [0.15, 0.2) is 0 Å². The normalized spacial score (nSPS) is 18.1. The molecule has 7 nitrogen and oxygen atoms in total. The summed E-state index contributed by atoms with van der Waals surface area (Å²) in [4.78, 5) is 0. The van der Waals surface area contributed by atoms with Gasteiger partial charge in [0, 0.05) is 46.4 Å². The Bertz CT molecular complexity index is 830. The molecule has 0 bridgehead atoms. The van der Waals surface area contributed by atoms with Gasteiger partial charge in [-0.25, -0.2) is 0 Å². The van der Waals surface area contributed by atoms with Crippen LogP contribution < -0.4 is 15.4 Å². The number of phenolic OH excluding ortho intramolecular Hbond substituents is 1. The molecule has 2 atom stereocenters. The van der Waals surface area contributed by atoms with Gasteiger partial charge in [0.25, 0.3) is 0 Å². The number of hydrogen-bond acceptors (Lipinski definition) is 7. The van der Waals surface area contributed by atoms with Crippen molar-refractivity contribution >= 4 is 5.69 Å². The second kappa shape index (κ2) is 14.8. The van der Waals surface area contributed by atoms with Gasteiger partial charge in [-0.3, -0.25) is 0 Å². The molecule has 2 aromatic carbocycles. The Kier molecular flexibility index (Phi) is 11.5. The van der Waals surface area contributed by atoms with Gasteiger partial charge >= 0.3 is 0 Å². The number of rotatable bonds is 15. The average molecular weight is 473 g/mol. The topological polar surface area (TPSA) is 81.2 Å². The van der Waals surface area contributed by atoms with Gasteiger partial charge in [-0.15, -0.1) is 0 Å². The van der Waals surface area contributed by atoms with Crippen molar-refractivity contribution in [2.45, 2.75) is 44.3 Å². The molecule has 0 spiro atoms. The van der Waals surface area contributed by atoms with Crippen molar-refractivity contribution in [1.82, 2.24) is 5.32 Å². The summed E-state index contributed by atoms with van der Waals surface area (Å²) in [5, 5.41) is 16.9. The molecular formula is C27H40N2O5. The number of piperidine rings is 1. The Morgan fingerprint density at radius 2 is 1.74 bits per heavy atom. The van der Waals surface area contributed by atoms with Gasteiger partial charge in [0.1, 0.15) is 11.5 Å². The number of anilines is 1. The van der Waals surface area contributed by atoms with E-state index in [0.29, 0.717) is 25.7 Å². The van der Waals surface area contributed by atoms with Gasteiger partial charge < -0.3 is 34.7 Å². The fourth-order valence-corrected chi connectivity index (χ4v) is 4.19. The second-order valence-electron chi connectivity index (χ2n) is 8.69. The fourth-order valence-electron chi connectivity index (χ4n) is 4.19. The summed E-state index contributed by atoms with van der Waals surface area (Å²) in [6.45, 7) is 5.22. The van der Waals surface area contributed by atoms with Crippen LogP contribution in [0, 0.1) is 0 Å². The molecule has 1 aliphatic heterocycles. The molecule has 0 aromatic heterocycles. The number of unbranched alkanes of at least 4 members (excludes halogenated alkanes) is 1. The summed E-state index contributed by atoms with van der Waals surface area (Å²) in [6.07, 6.45) is 3.99. The Labute approximate surface area is 203 Å². The molecule has 0 saturated carbocycles. The summed E-state index contributed by atoms with van der Waals surface area (Å²) in [6, 6.07) is 14.1. The number of ether oxygens (including phenoxy) is 4. The Morgan fingerprint density at radius 3 is 2.53 bits per heavy atom. The van der Waals surface area contributed by atoms with Gasteiger partial charge in [-0.05, 0) is 67.6 Å². The molecule has 3 rings (SSSR count). The zero-order valence-corrected chi connectivity index (χ0v) is 20.6. The number of phenols is 1. The molecule has 1 unspecified atom stereocenters. The quantitative estimate of drug-likeness (QED) is 0.263. The van der Waals surface area contributed by atoms with Crippen LogP contribution in [-0.2, 0) is 20.8 Å². The Morgan fingerprint density at radius 1 is 0.971 bits per heavy atom. The molecule has 0 aliphatic carbocycles. The Hall–Kier alpha value is -2.32. The zero-order valence-electron chi connectivity index (χ0n) is 20.6. The number of hydrogen-bond donors (Lipinski definition) is 3. The van der Waals surface area contributed by atoms with Crippen molar-refractivity contribution in [2.75, 3.05) is 59.0 Å². The van der Waals surface area contributed by atoms with Crippen LogP contribution in [0.15, 0.2) is 42.5 Å². The molecule has 1 aliphatic rings. The Balaban J connectivity index is 1.53. The third-order valence-electron chi connectivity index (χ3n) is 6.11. The summed E-state index contributed by atoms with van der Waals surface area (Å²) < 4.78 is 22.4. The van der Waals surface area contributed by atoms with Crippen molar-refractivity contribution in [3.63, 3.8) is 0 Å². The summed E-state index contributed by atoms with van der Waals surface area (Å²) in [5.41, 5.74) is 3.05. The highest BCUT2D eigenvalue weighted by Crippen LogP contribution is 2.31. The van der Waals surface area contributed by atoms with Gasteiger partial charge in [-0.2, -0.15) is 0 Å². The smallest absolute Gasteiger partial charge is 0.138 e. The number of methoxy groups -OCH3 is 2. The lowest BCUT2D eigenvalue weighted by atomic mass is 9.87. The van der Waals surface area contributed by atoms with E-state index in [9.17, 15) is 5.11 Å². The molecular weight excluding hydrogens is 432 g/mol. The van der Waals surface area contributed by atoms with Crippen LogP contribution in [0.25, 0.3) is 0 Å². The van der Waals surface area contributed by atoms with E-state index in [1.165, 1.54) is 5.56 Å². The van der Waals surface area contributed by atoms with Crippen LogP contribution in [0.3, 0.4) is 0 Å². The molecule has 1 saturated heterocycles. The lowest BCUT2D eigenvalue weighted by molar-refractivity contribution is 0.0106. The molecule has 2 aromatic rings. The van der Waals surface area contributed by atoms with Crippen LogP contribution >= 0.6 is 0 Å². The minimum Gasteiger partial charge on any atom is -0.506 e. The van der Waals surface area contributed by atoms with Crippen molar-refractivity contribution in [2.24, 2.45) is 0 Å². The third kappa shape index (κ3) is 8.47. The van der Waals surface area contributed by atoms with Crippen LogP contribution in [0.5, 0.6) is 11.5 Å². The highest BCUT2D eigenvalue weighted by Gasteiger charge is 2.27. The van der Waals surface area contributed by atoms with Crippen LogP contribution in [0.1, 0.15) is 42.7 Å². The minimum atomic E-state index is 0.0847. The fraction of sp³-hybridized carbons (Fsp3) is 0.556. The van der Waals surface area contributed by atoms with Crippen molar-refractivity contribution in [3.8, 4) is 11.5 Å². The third-order valence-corrected chi connectivity index (χ3v) is 6.11.